The quantitative estimate of drug-likeness (QED) is 0.684. The van der Waals surface area contributed by atoms with Gasteiger partial charge in [-0.15, -0.1) is 0 Å². The highest BCUT2D eigenvalue weighted by Gasteiger charge is 2.47. The van der Waals surface area contributed by atoms with Gasteiger partial charge < -0.3 is 9.94 Å². The van der Waals surface area contributed by atoms with Crippen LogP contribution in [0.2, 0.25) is 10.0 Å². The number of hydrogen-bond donors (Lipinski definition) is 1. The smallest absolute Gasteiger partial charge is 0.307 e. The number of carbonyl (C=O) groups is 1. The van der Waals surface area contributed by atoms with Gasteiger partial charge in [-0.25, -0.2) is 0 Å². The number of oxime groups is 1. The molecule has 18 heavy (non-hydrogen) atoms. The molecule has 0 heterocycles. The third-order valence-corrected chi connectivity index (χ3v) is 3.60. The Labute approximate surface area is 114 Å². The van der Waals surface area contributed by atoms with Gasteiger partial charge in [0.15, 0.2) is 0 Å². The predicted octanol–water partition coefficient (Wildman–Crippen LogP) is 3.06. The molecule has 1 aliphatic rings. The number of hydrogen-bond acceptors (Lipinski definition) is 3. The van der Waals surface area contributed by atoms with Crippen LogP contribution in [0, 0.1) is 11.8 Å². The lowest BCUT2D eigenvalue weighted by atomic mass is 10.1. The van der Waals surface area contributed by atoms with Crippen molar-refractivity contribution < 1.29 is 14.7 Å². The Morgan fingerprint density at radius 1 is 1.39 bits per heavy atom. The van der Waals surface area contributed by atoms with Crippen molar-refractivity contribution in [3.05, 3.63) is 33.8 Å². The zero-order valence-electron chi connectivity index (χ0n) is 9.56. The Morgan fingerprint density at radius 2 is 2.11 bits per heavy atom. The SMILES string of the molecule is CON=C(c1ccc(Cl)c(Cl)c1)[C@H]1C[C@@H]1C(=O)O. The van der Waals surface area contributed by atoms with Crippen molar-refractivity contribution in [2.45, 2.75) is 6.42 Å². The van der Waals surface area contributed by atoms with E-state index in [2.05, 4.69) is 5.16 Å². The van der Waals surface area contributed by atoms with E-state index >= 15 is 0 Å². The average Bonchev–Trinajstić information content (AvgIpc) is 3.10. The van der Waals surface area contributed by atoms with Crippen molar-refractivity contribution in [3.8, 4) is 0 Å². The first-order chi connectivity index (χ1) is 8.54. The topological polar surface area (TPSA) is 58.9 Å². The van der Waals surface area contributed by atoms with Crippen molar-refractivity contribution in [3.63, 3.8) is 0 Å². The zero-order chi connectivity index (χ0) is 13.3. The second kappa shape index (κ2) is 5.16. The molecule has 0 radical (unpaired) electrons. The van der Waals surface area contributed by atoms with Gasteiger partial charge in [-0.1, -0.05) is 34.4 Å². The van der Waals surface area contributed by atoms with Crippen molar-refractivity contribution in [2.75, 3.05) is 7.11 Å². The minimum Gasteiger partial charge on any atom is -0.481 e. The summed E-state index contributed by atoms with van der Waals surface area (Å²) in [5.74, 6) is -1.34. The van der Waals surface area contributed by atoms with E-state index in [4.69, 9.17) is 33.1 Å². The number of carboxylic acids is 1. The van der Waals surface area contributed by atoms with Crippen LogP contribution < -0.4 is 0 Å². The van der Waals surface area contributed by atoms with E-state index in [9.17, 15) is 4.79 Å². The van der Waals surface area contributed by atoms with E-state index in [1.165, 1.54) is 7.11 Å². The maximum Gasteiger partial charge on any atom is 0.307 e. The molecule has 0 spiro atoms. The first-order valence-corrected chi connectivity index (χ1v) is 6.09. The summed E-state index contributed by atoms with van der Waals surface area (Å²) in [6.45, 7) is 0. The lowest BCUT2D eigenvalue weighted by Gasteiger charge is -2.06. The summed E-state index contributed by atoms with van der Waals surface area (Å²) in [7, 11) is 1.43. The highest BCUT2D eigenvalue weighted by Crippen LogP contribution is 2.42. The first kappa shape index (κ1) is 13.2. The predicted molar refractivity (Wildman–Crippen MR) is 69.2 cm³/mol. The summed E-state index contributed by atoms with van der Waals surface area (Å²) in [6, 6.07) is 5.07. The van der Waals surface area contributed by atoms with Gasteiger partial charge in [0.25, 0.3) is 0 Å². The molecule has 0 unspecified atom stereocenters. The van der Waals surface area contributed by atoms with Gasteiger partial charge in [-0.2, -0.15) is 0 Å². The number of rotatable bonds is 4. The van der Waals surface area contributed by atoms with Crippen molar-refractivity contribution in [1.82, 2.24) is 0 Å². The number of nitrogens with zero attached hydrogens (tertiary/aromatic N) is 1. The van der Waals surface area contributed by atoms with Gasteiger partial charge in [0, 0.05) is 11.5 Å². The summed E-state index contributed by atoms with van der Waals surface area (Å²) in [5.41, 5.74) is 1.34. The number of benzene rings is 1. The van der Waals surface area contributed by atoms with Crippen LogP contribution in [-0.4, -0.2) is 23.9 Å². The molecular weight excluding hydrogens is 277 g/mol. The Balaban J connectivity index is 2.29. The van der Waals surface area contributed by atoms with Crippen molar-refractivity contribution in [2.24, 2.45) is 17.0 Å². The van der Waals surface area contributed by atoms with Gasteiger partial charge in [0.05, 0.1) is 21.7 Å². The fourth-order valence-electron chi connectivity index (χ4n) is 1.86. The van der Waals surface area contributed by atoms with E-state index in [0.29, 0.717) is 22.2 Å². The van der Waals surface area contributed by atoms with Crippen LogP contribution in [0.5, 0.6) is 0 Å². The zero-order valence-corrected chi connectivity index (χ0v) is 11.1. The second-order valence-corrected chi connectivity index (χ2v) is 4.89. The summed E-state index contributed by atoms with van der Waals surface area (Å²) in [4.78, 5) is 15.7. The summed E-state index contributed by atoms with van der Waals surface area (Å²) < 4.78 is 0. The van der Waals surface area contributed by atoms with Crippen LogP contribution in [-0.2, 0) is 9.63 Å². The number of halogens is 2. The number of aliphatic carboxylic acids is 1. The van der Waals surface area contributed by atoms with Crippen LogP contribution in [0.3, 0.4) is 0 Å². The minimum atomic E-state index is -0.816. The molecule has 6 heteroatoms. The lowest BCUT2D eigenvalue weighted by molar-refractivity contribution is -0.138. The van der Waals surface area contributed by atoms with E-state index in [1.54, 1.807) is 18.2 Å². The maximum atomic E-state index is 10.9. The Morgan fingerprint density at radius 3 is 2.61 bits per heavy atom. The fraction of sp³-hybridized carbons (Fsp3) is 0.333. The van der Waals surface area contributed by atoms with Crippen molar-refractivity contribution >= 4 is 34.9 Å². The molecule has 4 nitrogen and oxygen atoms in total. The minimum absolute atomic E-state index is 0.125. The molecule has 0 aromatic heterocycles. The molecule has 1 aromatic carbocycles. The normalized spacial score (nSPS) is 22.7. The van der Waals surface area contributed by atoms with E-state index in [1.807, 2.05) is 0 Å². The third kappa shape index (κ3) is 2.60. The van der Waals surface area contributed by atoms with Crippen LogP contribution >= 0.6 is 23.2 Å². The monoisotopic (exact) mass is 287 g/mol. The summed E-state index contributed by atoms with van der Waals surface area (Å²) in [5, 5.41) is 13.7. The molecule has 2 atom stereocenters. The highest BCUT2D eigenvalue weighted by atomic mass is 35.5. The summed E-state index contributed by atoms with van der Waals surface area (Å²) in [6.07, 6.45) is 0.567. The molecule has 0 bridgehead atoms. The molecule has 1 fully saturated rings. The highest BCUT2D eigenvalue weighted by molar-refractivity contribution is 6.42. The average molecular weight is 288 g/mol. The summed E-state index contributed by atoms with van der Waals surface area (Å²) >= 11 is 11.8. The van der Waals surface area contributed by atoms with Gasteiger partial charge in [0.1, 0.15) is 7.11 Å². The van der Waals surface area contributed by atoms with Crippen LogP contribution in [0.15, 0.2) is 23.4 Å². The Kier molecular flexibility index (Phi) is 3.78. The molecule has 0 aliphatic heterocycles. The van der Waals surface area contributed by atoms with Gasteiger partial charge in [-0.3, -0.25) is 4.79 Å². The molecule has 1 aromatic rings. The second-order valence-electron chi connectivity index (χ2n) is 4.07. The van der Waals surface area contributed by atoms with Gasteiger partial charge in [-0.05, 0) is 18.6 Å². The molecule has 1 aliphatic carbocycles. The van der Waals surface area contributed by atoms with E-state index in [-0.39, 0.29) is 5.92 Å². The van der Waals surface area contributed by atoms with Crippen molar-refractivity contribution in [1.29, 1.82) is 0 Å². The number of carboxylic acid groups (broad SMARTS) is 1. The van der Waals surface area contributed by atoms with E-state index < -0.39 is 11.9 Å². The van der Waals surface area contributed by atoms with Gasteiger partial charge in [0.2, 0.25) is 0 Å². The molecular formula is C12H11Cl2NO3. The van der Waals surface area contributed by atoms with Crippen LogP contribution in [0.1, 0.15) is 12.0 Å². The lowest BCUT2D eigenvalue weighted by Crippen LogP contribution is -2.10. The molecule has 96 valence electrons. The molecule has 1 N–H and O–H groups in total. The van der Waals surface area contributed by atoms with Crippen LogP contribution in [0.25, 0.3) is 0 Å². The molecule has 2 rings (SSSR count). The molecule has 0 amide bonds. The fourth-order valence-corrected chi connectivity index (χ4v) is 2.16. The Hall–Kier alpha value is -1.26. The standard InChI is InChI=1S/C12H11Cl2NO3/c1-18-15-11(7-5-8(7)12(16)17)6-2-3-9(13)10(14)4-6/h2-4,7-8H,5H2,1H3,(H,16,17)/t7-,8-/m0/s1. The largest absolute Gasteiger partial charge is 0.481 e. The maximum absolute atomic E-state index is 10.9. The third-order valence-electron chi connectivity index (χ3n) is 2.86. The molecule has 1 saturated carbocycles. The van der Waals surface area contributed by atoms with Gasteiger partial charge >= 0.3 is 5.97 Å². The first-order valence-electron chi connectivity index (χ1n) is 5.34. The van der Waals surface area contributed by atoms with Crippen LogP contribution in [0.4, 0.5) is 0 Å². The Bertz CT molecular complexity index is 516. The van der Waals surface area contributed by atoms with E-state index in [0.717, 1.165) is 5.56 Å². The molecule has 0 saturated heterocycles.